The van der Waals surface area contributed by atoms with E-state index in [0.29, 0.717) is 6.04 Å². The van der Waals surface area contributed by atoms with Gasteiger partial charge in [-0.2, -0.15) is 0 Å². The molecule has 1 amide bonds. The van der Waals surface area contributed by atoms with E-state index in [1.165, 1.54) is 0 Å². The fraction of sp³-hybridized carbons (Fsp3) is 0.900. The maximum atomic E-state index is 11.7. The van der Waals surface area contributed by atoms with Crippen molar-refractivity contribution < 1.29 is 6.17 Å². The standard InChI is InChI=1S/C10H19NO/c1-4-9-6-5-7-11(9)10(12)8(2)3/h8-9H,4-7H2,1-3H3/t9-/m0/s1/i7T/t7?,9-. The van der Waals surface area contributed by atoms with E-state index >= 15 is 0 Å². The fourth-order valence-electron chi connectivity index (χ4n) is 1.66. The molecule has 2 heteroatoms. The van der Waals surface area contributed by atoms with Crippen LogP contribution >= 0.6 is 0 Å². The first-order valence-electron chi connectivity index (χ1n) is 5.40. The first-order chi connectivity index (χ1) is 6.07. The Bertz CT molecular complexity index is 193. The molecule has 0 bridgehead atoms. The summed E-state index contributed by atoms with van der Waals surface area (Å²) in [5.74, 6) is 0.171. The highest BCUT2D eigenvalue weighted by Gasteiger charge is 2.28. The number of carbonyl (C=O) groups excluding carboxylic acids is 1. The van der Waals surface area contributed by atoms with Gasteiger partial charge < -0.3 is 4.90 Å². The third-order valence-electron chi connectivity index (χ3n) is 2.44. The Balaban J connectivity index is 2.69. The lowest BCUT2D eigenvalue weighted by atomic mass is 10.1. The van der Waals surface area contributed by atoms with Crippen LogP contribution in [-0.2, 0) is 4.79 Å². The van der Waals surface area contributed by atoms with Crippen molar-refractivity contribution in [2.45, 2.75) is 46.1 Å². The maximum Gasteiger partial charge on any atom is 0.225 e. The normalized spacial score (nSPS) is 31.0. The minimum atomic E-state index is -0.292. The quantitative estimate of drug-likeness (QED) is 0.622. The van der Waals surface area contributed by atoms with E-state index in [9.17, 15) is 4.79 Å². The number of amides is 1. The molecule has 1 heterocycles. The molecule has 1 aliphatic rings. The summed E-state index contributed by atoms with van der Waals surface area (Å²) in [5, 5.41) is 0. The van der Waals surface area contributed by atoms with Crippen molar-refractivity contribution >= 4 is 5.91 Å². The van der Waals surface area contributed by atoms with Crippen molar-refractivity contribution in [3.05, 3.63) is 0 Å². The van der Waals surface area contributed by atoms with Crippen LogP contribution in [0.2, 0.25) is 0 Å². The van der Waals surface area contributed by atoms with Crippen molar-refractivity contribution in [3.63, 3.8) is 0 Å². The Morgan fingerprint density at radius 2 is 2.42 bits per heavy atom. The smallest absolute Gasteiger partial charge is 0.225 e. The van der Waals surface area contributed by atoms with Crippen LogP contribution in [0.3, 0.4) is 0 Å². The molecule has 2 atom stereocenters. The molecule has 0 aromatic carbocycles. The van der Waals surface area contributed by atoms with Gasteiger partial charge in [0.25, 0.3) is 0 Å². The molecule has 2 nitrogen and oxygen atoms in total. The number of rotatable bonds is 2. The first kappa shape index (κ1) is 8.09. The summed E-state index contributed by atoms with van der Waals surface area (Å²) in [5.41, 5.74) is 0. The number of nitrogens with zero attached hydrogens (tertiary/aromatic N) is 1. The minimum Gasteiger partial charge on any atom is -0.340 e. The predicted molar refractivity (Wildman–Crippen MR) is 49.9 cm³/mol. The minimum absolute atomic E-state index is 0.0278. The van der Waals surface area contributed by atoms with Crippen molar-refractivity contribution in [2.24, 2.45) is 5.92 Å². The van der Waals surface area contributed by atoms with Gasteiger partial charge in [0.05, 0.1) is 0 Å². The van der Waals surface area contributed by atoms with Crippen molar-refractivity contribution in [3.8, 4) is 0 Å². The third-order valence-corrected chi connectivity index (χ3v) is 2.44. The number of hydrogen-bond donors (Lipinski definition) is 0. The van der Waals surface area contributed by atoms with Gasteiger partial charge in [0.2, 0.25) is 5.91 Å². The Morgan fingerprint density at radius 1 is 1.75 bits per heavy atom. The van der Waals surface area contributed by atoms with E-state index in [1.807, 2.05) is 13.8 Å². The van der Waals surface area contributed by atoms with Crippen LogP contribution in [0, 0.1) is 5.92 Å². The Morgan fingerprint density at radius 3 is 2.92 bits per heavy atom. The summed E-state index contributed by atoms with van der Waals surface area (Å²) >= 11 is 0. The molecule has 0 aliphatic carbocycles. The fourth-order valence-corrected chi connectivity index (χ4v) is 1.66. The number of hydrogen-bond acceptors (Lipinski definition) is 1. The summed E-state index contributed by atoms with van der Waals surface area (Å²) in [6.45, 7) is 5.60. The van der Waals surface area contributed by atoms with Gasteiger partial charge in [-0.05, 0) is 19.3 Å². The Kier molecular flexibility index (Phi) is 2.64. The average Bonchev–Trinajstić information content (AvgIpc) is 2.45. The zero-order chi connectivity index (χ0) is 10.0. The Labute approximate surface area is 76.3 Å². The molecule has 1 rings (SSSR count). The second-order valence-electron chi connectivity index (χ2n) is 3.72. The molecule has 1 aliphatic heterocycles. The van der Waals surface area contributed by atoms with Gasteiger partial charge >= 0.3 is 0 Å². The summed E-state index contributed by atoms with van der Waals surface area (Å²) in [6, 6.07) is 0.317. The summed E-state index contributed by atoms with van der Waals surface area (Å²) in [4.78, 5) is 13.5. The molecular weight excluding hydrogens is 150 g/mol. The number of likely N-dealkylation sites (tertiary alicyclic amines) is 1. The van der Waals surface area contributed by atoms with Crippen LogP contribution in [0.25, 0.3) is 0 Å². The lowest BCUT2D eigenvalue weighted by Crippen LogP contribution is -2.37. The molecule has 0 aromatic heterocycles. The molecule has 1 saturated heterocycles. The van der Waals surface area contributed by atoms with Gasteiger partial charge in [-0.3, -0.25) is 4.79 Å². The van der Waals surface area contributed by atoms with E-state index in [-0.39, 0.29) is 18.3 Å². The van der Waals surface area contributed by atoms with Crippen molar-refractivity contribution in [2.75, 3.05) is 6.52 Å². The van der Waals surface area contributed by atoms with Crippen LogP contribution in [0.15, 0.2) is 0 Å². The van der Waals surface area contributed by atoms with E-state index in [2.05, 4.69) is 6.92 Å². The van der Waals surface area contributed by atoms with Crippen LogP contribution in [0.1, 0.15) is 41.4 Å². The van der Waals surface area contributed by atoms with E-state index in [0.717, 1.165) is 19.3 Å². The maximum absolute atomic E-state index is 11.7. The second kappa shape index (κ2) is 3.92. The molecule has 0 aromatic rings. The average molecular weight is 171 g/mol. The lowest BCUT2D eigenvalue weighted by molar-refractivity contribution is -0.135. The highest BCUT2D eigenvalue weighted by molar-refractivity contribution is 5.78. The second-order valence-corrected chi connectivity index (χ2v) is 3.72. The predicted octanol–water partition coefficient (Wildman–Crippen LogP) is 2.04. The molecule has 70 valence electrons. The largest absolute Gasteiger partial charge is 0.340 e. The molecule has 1 fully saturated rings. The zero-order valence-corrected chi connectivity index (χ0v) is 8.21. The SMILES string of the molecule is [3H]C1CC[C@H](CC)N1C(=O)C(C)C. The summed E-state index contributed by atoms with van der Waals surface area (Å²) in [6.07, 6.45) is 2.83. The van der Waals surface area contributed by atoms with Crippen LogP contribution in [-0.4, -0.2) is 23.4 Å². The van der Waals surface area contributed by atoms with Gasteiger partial charge in [-0.25, -0.2) is 0 Å². The molecular formula is C10H19NO. The third kappa shape index (κ3) is 1.79. The number of carbonyl (C=O) groups is 1. The highest BCUT2D eigenvalue weighted by Crippen LogP contribution is 2.21. The van der Waals surface area contributed by atoms with E-state index < -0.39 is 0 Å². The monoisotopic (exact) mass is 171 g/mol. The zero-order valence-electron chi connectivity index (χ0n) is 9.21. The topological polar surface area (TPSA) is 20.3 Å². The summed E-state index contributed by atoms with van der Waals surface area (Å²) in [7, 11) is 0. The molecule has 0 N–H and O–H groups in total. The molecule has 12 heavy (non-hydrogen) atoms. The highest BCUT2D eigenvalue weighted by atomic mass is 16.2. The van der Waals surface area contributed by atoms with Gasteiger partial charge in [0.1, 0.15) is 0 Å². The lowest BCUT2D eigenvalue weighted by Gasteiger charge is -2.25. The van der Waals surface area contributed by atoms with Crippen molar-refractivity contribution in [1.82, 2.24) is 4.90 Å². The van der Waals surface area contributed by atoms with Crippen LogP contribution in [0.5, 0.6) is 0 Å². The summed E-state index contributed by atoms with van der Waals surface area (Å²) < 4.78 is 7.75. The van der Waals surface area contributed by atoms with E-state index in [4.69, 9.17) is 1.37 Å². The Hall–Kier alpha value is -0.530. The van der Waals surface area contributed by atoms with Gasteiger partial charge in [-0.1, -0.05) is 20.8 Å². The molecule has 0 radical (unpaired) electrons. The molecule has 0 saturated carbocycles. The molecule has 1 unspecified atom stereocenters. The van der Waals surface area contributed by atoms with Gasteiger partial charge in [0, 0.05) is 19.9 Å². The first-order valence-corrected chi connectivity index (χ1v) is 4.82. The van der Waals surface area contributed by atoms with Crippen molar-refractivity contribution in [1.29, 1.82) is 0 Å². The van der Waals surface area contributed by atoms with Crippen LogP contribution in [0.4, 0.5) is 0 Å². The van der Waals surface area contributed by atoms with Gasteiger partial charge in [0.15, 0.2) is 0 Å². The van der Waals surface area contributed by atoms with Crippen LogP contribution < -0.4 is 0 Å². The molecule has 0 spiro atoms. The van der Waals surface area contributed by atoms with E-state index in [1.54, 1.807) is 4.90 Å². The van der Waals surface area contributed by atoms with Gasteiger partial charge in [-0.15, -0.1) is 0 Å².